The van der Waals surface area contributed by atoms with Crippen LogP contribution in [-0.2, 0) is 10.0 Å². The van der Waals surface area contributed by atoms with Crippen LogP contribution in [0.15, 0.2) is 77.7 Å². The second kappa shape index (κ2) is 10.8. The number of urea groups is 1. The molecule has 2 N–H and O–H groups in total. The monoisotopic (exact) mass is 473 g/mol. The lowest BCUT2D eigenvalue weighted by atomic mass is 10.2. The maximum Gasteiger partial charge on any atom is 0.326 e. The number of methoxy groups -OCH3 is 2. The summed E-state index contributed by atoms with van der Waals surface area (Å²) in [5.74, 6) is 0.720. The van der Waals surface area contributed by atoms with Gasteiger partial charge in [-0.05, 0) is 72.8 Å². The topological polar surface area (TPSA) is 97.0 Å². The van der Waals surface area contributed by atoms with Crippen molar-refractivity contribution in [2.45, 2.75) is 4.90 Å². The fraction of sp³-hybridized carbons (Fsp3) is 0.174. The molecule has 0 saturated heterocycles. The number of ether oxygens (including phenoxy) is 2. The molecular formula is C23H24FN3O5S. The predicted octanol–water partition coefficient (Wildman–Crippen LogP) is 3.86. The van der Waals surface area contributed by atoms with E-state index in [1.807, 2.05) is 0 Å². The van der Waals surface area contributed by atoms with Crippen molar-refractivity contribution < 1.29 is 27.1 Å². The Labute approximate surface area is 192 Å². The van der Waals surface area contributed by atoms with Gasteiger partial charge in [0.15, 0.2) is 0 Å². The molecule has 33 heavy (non-hydrogen) atoms. The predicted molar refractivity (Wildman–Crippen MR) is 124 cm³/mol. The third kappa shape index (κ3) is 6.43. The van der Waals surface area contributed by atoms with Crippen LogP contribution in [0.1, 0.15) is 0 Å². The fourth-order valence-electron chi connectivity index (χ4n) is 2.96. The van der Waals surface area contributed by atoms with Crippen LogP contribution in [0.2, 0.25) is 0 Å². The molecule has 0 saturated carbocycles. The molecular weight excluding hydrogens is 449 g/mol. The minimum Gasteiger partial charge on any atom is -0.497 e. The molecule has 0 heterocycles. The molecule has 0 unspecified atom stereocenters. The lowest BCUT2D eigenvalue weighted by Crippen LogP contribution is -2.41. The highest BCUT2D eigenvalue weighted by molar-refractivity contribution is 7.89. The van der Waals surface area contributed by atoms with Gasteiger partial charge in [-0.25, -0.2) is 22.3 Å². The summed E-state index contributed by atoms with van der Waals surface area (Å²) < 4.78 is 51.2. The van der Waals surface area contributed by atoms with Crippen LogP contribution in [0.3, 0.4) is 0 Å². The average Bonchev–Trinajstić information content (AvgIpc) is 2.83. The van der Waals surface area contributed by atoms with E-state index in [0.717, 1.165) is 0 Å². The molecule has 10 heteroatoms. The van der Waals surface area contributed by atoms with Crippen molar-refractivity contribution in [3.8, 4) is 11.5 Å². The maximum absolute atomic E-state index is 13.4. The minimum absolute atomic E-state index is 0.00298. The molecule has 0 radical (unpaired) electrons. The second-order valence-electron chi connectivity index (χ2n) is 6.86. The Morgan fingerprint density at radius 1 is 0.879 bits per heavy atom. The van der Waals surface area contributed by atoms with Gasteiger partial charge < -0.3 is 14.8 Å². The highest BCUT2D eigenvalue weighted by Gasteiger charge is 2.19. The lowest BCUT2D eigenvalue weighted by molar-refractivity contribution is 0.257. The number of amides is 2. The number of nitrogens with zero attached hydrogens (tertiary/aromatic N) is 1. The molecule has 0 aromatic heterocycles. The third-order valence-corrected chi connectivity index (χ3v) is 6.20. The van der Waals surface area contributed by atoms with E-state index in [1.54, 1.807) is 36.4 Å². The van der Waals surface area contributed by atoms with E-state index in [2.05, 4.69) is 10.0 Å². The summed E-state index contributed by atoms with van der Waals surface area (Å²) in [6.45, 7) is -0.0647. The first-order valence-corrected chi connectivity index (χ1v) is 11.4. The first-order valence-electron chi connectivity index (χ1n) is 9.94. The number of anilines is 2. The van der Waals surface area contributed by atoms with Crippen molar-refractivity contribution >= 4 is 27.4 Å². The van der Waals surface area contributed by atoms with Gasteiger partial charge in [-0.15, -0.1) is 0 Å². The van der Waals surface area contributed by atoms with Gasteiger partial charge >= 0.3 is 6.03 Å². The Morgan fingerprint density at radius 2 is 1.42 bits per heavy atom. The van der Waals surface area contributed by atoms with E-state index in [-0.39, 0.29) is 18.0 Å². The summed E-state index contributed by atoms with van der Waals surface area (Å²) in [5.41, 5.74) is 0.929. The molecule has 0 aliphatic heterocycles. The number of hydrogen-bond donors (Lipinski definition) is 2. The summed E-state index contributed by atoms with van der Waals surface area (Å²) in [6.07, 6.45) is 0. The number of benzene rings is 3. The summed E-state index contributed by atoms with van der Waals surface area (Å²) in [5, 5.41) is 2.74. The lowest BCUT2D eigenvalue weighted by Gasteiger charge is -2.23. The Hall–Kier alpha value is -3.63. The van der Waals surface area contributed by atoms with E-state index in [0.29, 0.717) is 22.9 Å². The number of halogens is 1. The molecule has 3 aromatic carbocycles. The molecule has 0 bridgehead atoms. The van der Waals surface area contributed by atoms with Crippen LogP contribution >= 0.6 is 0 Å². The van der Waals surface area contributed by atoms with Gasteiger partial charge in [-0.2, -0.15) is 0 Å². The van der Waals surface area contributed by atoms with Crippen molar-refractivity contribution in [2.24, 2.45) is 0 Å². The average molecular weight is 474 g/mol. The molecule has 0 aliphatic rings. The normalized spacial score (nSPS) is 11.0. The van der Waals surface area contributed by atoms with Gasteiger partial charge in [0, 0.05) is 24.5 Å². The van der Waals surface area contributed by atoms with Crippen molar-refractivity contribution in [3.05, 3.63) is 78.6 Å². The number of hydrogen-bond acceptors (Lipinski definition) is 5. The maximum atomic E-state index is 13.4. The van der Waals surface area contributed by atoms with E-state index >= 15 is 0 Å². The van der Waals surface area contributed by atoms with Crippen LogP contribution in [-0.4, -0.2) is 41.8 Å². The number of sulfonamides is 1. The van der Waals surface area contributed by atoms with Gasteiger partial charge in [0.25, 0.3) is 0 Å². The van der Waals surface area contributed by atoms with Gasteiger partial charge in [-0.3, -0.25) is 4.90 Å². The molecule has 3 aromatic rings. The van der Waals surface area contributed by atoms with E-state index < -0.39 is 21.9 Å². The zero-order valence-electron chi connectivity index (χ0n) is 18.1. The van der Waals surface area contributed by atoms with Crippen LogP contribution in [0.25, 0.3) is 0 Å². The molecule has 0 aliphatic carbocycles. The van der Waals surface area contributed by atoms with Crippen molar-refractivity contribution in [2.75, 3.05) is 37.5 Å². The number of carbonyl (C=O) groups excluding carboxylic acids is 1. The first-order chi connectivity index (χ1) is 15.8. The molecule has 8 nitrogen and oxygen atoms in total. The highest BCUT2D eigenvalue weighted by Crippen LogP contribution is 2.19. The molecule has 2 amide bonds. The highest BCUT2D eigenvalue weighted by atomic mass is 32.2. The van der Waals surface area contributed by atoms with Gasteiger partial charge in [0.2, 0.25) is 10.0 Å². The van der Waals surface area contributed by atoms with E-state index in [4.69, 9.17) is 9.47 Å². The van der Waals surface area contributed by atoms with Crippen molar-refractivity contribution in [1.29, 1.82) is 0 Å². The van der Waals surface area contributed by atoms with Gasteiger partial charge in [0.1, 0.15) is 17.3 Å². The van der Waals surface area contributed by atoms with E-state index in [9.17, 15) is 17.6 Å². The third-order valence-electron chi connectivity index (χ3n) is 4.72. The molecule has 0 fully saturated rings. The summed E-state index contributed by atoms with van der Waals surface area (Å²) in [7, 11) is -0.773. The zero-order chi connectivity index (χ0) is 23.8. The zero-order valence-corrected chi connectivity index (χ0v) is 18.9. The largest absolute Gasteiger partial charge is 0.497 e. The molecule has 0 atom stereocenters. The van der Waals surface area contributed by atoms with Crippen LogP contribution < -0.4 is 24.4 Å². The van der Waals surface area contributed by atoms with Crippen molar-refractivity contribution in [3.63, 3.8) is 0 Å². The van der Waals surface area contributed by atoms with Crippen molar-refractivity contribution in [1.82, 2.24) is 4.72 Å². The Kier molecular flexibility index (Phi) is 7.86. The van der Waals surface area contributed by atoms with Crippen LogP contribution in [0, 0.1) is 5.82 Å². The van der Waals surface area contributed by atoms with Gasteiger partial charge in [-0.1, -0.05) is 0 Å². The Balaban J connectivity index is 1.72. The fourth-order valence-corrected chi connectivity index (χ4v) is 3.99. The standard InChI is InChI=1S/C23H24FN3O5S/c1-31-20-9-5-18(6-10-20)26-23(28)27(19-7-3-17(24)4-8-19)16-15-25-33(29,30)22-13-11-21(32-2)12-14-22/h3-14,25H,15-16H2,1-2H3,(H,26,28). The Bertz CT molecular complexity index is 1170. The first kappa shape index (κ1) is 24.0. The van der Waals surface area contributed by atoms with E-state index in [1.165, 1.54) is 55.5 Å². The van der Waals surface area contributed by atoms with Crippen LogP contribution in [0.4, 0.5) is 20.6 Å². The quantitative estimate of drug-likeness (QED) is 0.492. The van der Waals surface area contributed by atoms with Crippen LogP contribution in [0.5, 0.6) is 11.5 Å². The molecule has 0 spiro atoms. The summed E-state index contributed by atoms with van der Waals surface area (Å²) in [4.78, 5) is 14.3. The Morgan fingerprint density at radius 3 is 1.97 bits per heavy atom. The number of rotatable bonds is 9. The summed E-state index contributed by atoms with van der Waals surface area (Å²) >= 11 is 0. The number of nitrogens with one attached hydrogen (secondary N) is 2. The minimum atomic E-state index is -3.80. The SMILES string of the molecule is COc1ccc(NC(=O)N(CCNS(=O)(=O)c2ccc(OC)cc2)c2ccc(F)cc2)cc1. The summed E-state index contributed by atoms with van der Waals surface area (Å²) in [6, 6.07) is 17.5. The number of carbonyl (C=O) groups is 1. The molecule has 174 valence electrons. The molecule has 3 rings (SSSR count). The smallest absolute Gasteiger partial charge is 0.326 e. The van der Waals surface area contributed by atoms with Gasteiger partial charge in [0.05, 0.1) is 19.1 Å². The second-order valence-corrected chi connectivity index (χ2v) is 8.63.